The molecule has 5 heteroatoms. The fourth-order valence-corrected chi connectivity index (χ4v) is 1.97. The van der Waals surface area contributed by atoms with E-state index in [1.54, 1.807) is 0 Å². The zero-order valence-electron chi connectivity index (χ0n) is 10.5. The number of hydrogen-bond donors (Lipinski definition) is 0. The molecule has 20 heavy (non-hydrogen) atoms. The van der Waals surface area contributed by atoms with E-state index in [4.69, 9.17) is 10.00 Å². The van der Waals surface area contributed by atoms with Crippen molar-refractivity contribution in [3.05, 3.63) is 57.8 Å². The summed E-state index contributed by atoms with van der Waals surface area (Å²) >= 11 is 3.24. The number of carbonyl (C=O) groups is 1. The highest BCUT2D eigenvalue weighted by Crippen LogP contribution is 2.32. The molecule has 0 aliphatic heterocycles. The Bertz CT molecular complexity index is 722. The number of rotatable bonds is 3. The predicted octanol–water partition coefficient (Wildman–Crippen LogP) is 4.45. The smallest absolute Gasteiger partial charge is 0.163 e. The second-order valence-electron chi connectivity index (χ2n) is 4.06. The summed E-state index contributed by atoms with van der Waals surface area (Å²) in [5, 5.41) is 8.90. The SMILES string of the molecule is CC(=O)c1ccc(C#N)cc1Oc1cc(F)ccc1Br. The van der Waals surface area contributed by atoms with Crippen molar-refractivity contribution in [2.75, 3.05) is 0 Å². The molecule has 0 spiro atoms. The van der Waals surface area contributed by atoms with Crippen molar-refractivity contribution in [3.8, 4) is 17.6 Å². The summed E-state index contributed by atoms with van der Waals surface area (Å²) in [5.41, 5.74) is 0.692. The molecule has 0 amide bonds. The van der Waals surface area contributed by atoms with Crippen LogP contribution in [0, 0.1) is 17.1 Å². The van der Waals surface area contributed by atoms with E-state index in [9.17, 15) is 9.18 Å². The number of hydrogen-bond acceptors (Lipinski definition) is 3. The third-order valence-electron chi connectivity index (χ3n) is 2.60. The molecule has 0 atom stereocenters. The molecule has 0 unspecified atom stereocenters. The van der Waals surface area contributed by atoms with Crippen molar-refractivity contribution in [2.45, 2.75) is 6.92 Å². The van der Waals surface area contributed by atoms with Crippen LogP contribution in [0.5, 0.6) is 11.5 Å². The fraction of sp³-hybridized carbons (Fsp3) is 0.0667. The molecule has 2 aromatic carbocycles. The van der Waals surface area contributed by atoms with Crippen LogP contribution in [0.15, 0.2) is 40.9 Å². The summed E-state index contributed by atoms with van der Waals surface area (Å²) in [5.74, 6) is -0.188. The molecule has 0 aliphatic carbocycles. The highest BCUT2D eigenvalue weighted by molar-refractivity contribution is 9.10. The van der Waals surface area contributed by atoms with Crippen LogP contribution in [-0.2, 0) is 0 Å². The van der Waals surface area contributed by atoms with Gasteiger partial charge in [-0.25, -0.2) is 4.39 Å². The molecular formula is C15H9BrFNO2. The number of carbonyl (C=O) groups excluding carboxylic acids is 1. The van der Waals surface area contributed by atoms with E-state index in [1.807, 2.05) is 6.07 Å². The van der Waals surface area contributed by atoms with Crippen molar-refractivity contribution in [1.82, 2.24) is 0 Å². The Balaban J connectivity index is 2.49. The van der Waals surface area contributed by atoms with Crippen LogP contribution in [-0.4, -0.2) is 5.78 Å². The normalized spacial score (nSPS) is 9.90. The van der Waals surface area contributed by atoms with E-state index < -0.39 is 5.82 Å². The highest BCUT2D eigenvalue weighted by atomic mass is 79.9. The van der Waals surface area contributed by atoms with Crippen LogP contribution >= 0.6 is 15.9 Å². The van der Waals surface area contributed by atoms with Crippen LogP contribution in [0.2, 0.25) is 0 Å². The molecule has 0 aliphatic rings. The molecule has 0 saturated carbocycles. The van der Waals surface area contributed by atoms with Gasteiger partial charge in [-0.2, -0.15) is 5.26 Å². The Hall–Kier alpha value is -2.19. The average molecular weight is 334 g/mol. The monoisotopic (exact) mass is 333 g/mol. The van der Waals surface area contributed by atoms with Gasteiger partial charge in [0.2, 0.25) is 0 Å². The summed E-state index contributed by atoms with van der Waals surface area (Å²) < 4.78 is 19.4. The Labute approximate surface area is 123 Å². The molecule has 0 heterocycles. The van der Waals surface area contributed by atoms with Crippen molar-refractivity contribution >= 4 is 21.7 Å². The Morgan fingerprint density at radius 1 is 1.25 bits per heavy atom. The summed E-state index contributed by atoms with van der Waals surface area (Å²) in [6.45, 7) is 1.40. The molecule has 0 radical (unpaired) electrons. The molecule has 0 bridgehead atoms. The van der Waals surface area contributed by atoms with E-state index in [2.05, 4.69) is 15.9 Å². The zero-order valence-corrected chi connectivity index (χ0v) is 12.1. The molecule has 100 valence electrons. The third-order valence-corrected chi connectivity index (χ3v) is 3.26. The van der Waals surface area contributed by atoms with Gasteiger partial charge in [-0.15, -0.1) is 0 Å². The Morgan fingerprint density at radius 3 is 2.65 bits per heavy atom. The average Bonchev–Trinajstić information content (AvgIpc) is 2.42. The zero-order chi connectivity index (χ0) is 14.7. The van der Waals surface area contributed by atoms with Gasteiger partial charge in [0, 0.05) is 6.07 Å². The first-order valence-electron chi connectivity index (χ1n) is 5.69. The van der Waals surface area contributed by atoms with Crippen LogP contribution < -0.4 is 4.74 Å². The highest BCUT2D eigenvalue weighted by Gasteiger charge is 2.12. The van der Waals surface area contributed by atoms with Gasteiger partial charge in [0.1, 0.15) is 17.3 Å². The molecule has 2 aromatic rings. The summed E-state index contributed by atoms with van der Waals surface area (Å²) in [6.07, 6.45) is 0. The second-order valence-corrected chi connectivity index (χ2v) is 4.91. The number of ether oxygens (including phenoxy) is 1. The minimum Gasteiger partial charge on any atom is -0.455 e. The third kappa shape index (κ3) is 3.03. The van der Waals surface area contributed by atoms with Crippen LogP contribution in [0.4, 0.5) is 4.39 Å². The number of ketones is 1. The Morgan fingerprint density at radius 2 is 2.00 bits per heavy atom. The molecule has 0 N–H and O–H groups in total. The first-order valence-corrected chi connectivity index (χ1v) is 6.48. The molecule has 0 fully saturated rings. The fourth-order valence-electron chi connectivity index (χ4n) is 1.64. The van der Waals surface area contributed by atoms with Gasteiger partial charge in [0.25, 0.3) is 0 Å². The number of halogens is 2. The lowest BCUT2D eigenvalue weighted by Gasteiger charge is -2.11. The lowest BCUT2D eigenvalue weighted by Crippen LogP contribution is -1.98. The maximum atomic E-state index is 13.2. The lowest BCUT2D eigenvalue weighted by atomic mass is 10.1. The van der Waals surface area contributed by atoms with Gasteiger partial charge in [-0.3, -0.25) is 4.79 Å². The van der Waals surface area contributed by atoms with E-state index in [-0.39, 0.29) is 17.3 Å². The quantitative estimate of drug-likeness (QED) is 0.779. The topological polar surface area (TPSA) is 50.1 Å². The number of Topliss-reactive ketones (excluding diaryl/α,β-unsaturated/α-hetero) is 1. The van der Waals surface area contributed by atoms with Crippen LogP contribution in [0.1, 0.15) is 22.8 Å². The summed E-state index contributed by atoms with van der Waals surface area (Å²) in [4.78, 5) is 11.6. The van der Waals surface area contributed by atoms with Gasteiger partial charge in [0.05, 0.1) is 21.7 Å². The largest absolute Gasteiger partial charge is 0.455 e. The van der Waals surface area contributed by atoms with Gasteiger partial charge >= 0.3 is 0 Å². The van der Waals surface area contributed by atoms with Crippen molar-refractivity contribution in [2.24, 2.45) is 0 Å². The maximum Gasteiger partial charge on any atom is 0.163 e. The minimum absolute atomic E-state index is 0.197. The van der Waals surface area contributed by atoms with E-state index in [0.29, 0.717) is 15.6 Å². The molecule has 3 nitrogen and oxygen atoms in total. The van der Waals surface area contributed by atoms with Gasteiger partial charge in [-0.05, 0) is 53.2 Å². The van der Waals surface area contributed by atoms with Crippen molar-refractivity contribution in [1.29, 1.82) is 5.26 Å². The number of benzene rings is 2. The van der Waals surface area contributed by atoms with Crippen molar-refractivity contribution in [3.63, 3.8) is 0 Å². The molecule has 2 rings (SSSR count). The molecule has 0 aromatic heterocycles. The summed E-state index contributed by atoms with van der Waals surface area (Å²) in [7, 11) is 0. The van der Waals surface area contributed by atoms with E-state index >= 15 is 0 Å². The number of nitriles is 1. The number of nitrogens with zero attached hydrogens (tertiary/aromatic N) is 1. The van der Waals surface area contributed by atoms with Crippen LogP contribution in [0.25, 0.3) is 0 Å². The van der Waals surface area contributed by atoms with Gasteiger partial charge in [-0.1, -0.05) is 0 Å². The first-order chi connectivity index (χ1) is 9.51. The van der Waals surface area contributed by atoms with Gasteiger partial charge < -0.3 is 4.74 Å². The Kier molecular flexibility index (Phi) is 4.16. The lowest BCUT2D eigenvalue weighted by molar-refractivity contribution is 0.101. The molecule has 0 saturated heterocycles. The molecular weight excluding hydrogens is 325 g/mol. The van der Waals surface area contributed by atoms with Crippen LogP contribution in [0.3, 0.4) is 0 Å². The van der Waals surface area contributed by atoms with E-state index in [1.165, 1.54) is 43.3 Å². The standard InChI is InChI=1S/C15H9BrFNO2/c1-9(19)12-4-2-10(8-18)6-14(12)20-15-7-11(17)3-5-13(15)16/h2-7H,1H3. The minimum atomic E-state index is -0.455. The second kappa shape index (κ2) is 5.85. The van der Waals surface area contributed by atoms with Crippen molar-refractivity contribution < 1.29 is 13.9 Å². The summed E-state index contributed by atoms with van der Waals surface area (Å²) in [6, 6.07) is 10.5. The van der Waals surface area contributed by atoms with Gasteiger partial charge in [0.15, 0.2) is 5.78 Å². The first kappa shape index (κ1) is 14.2. The predicted molar refractivity (Wildman–Crippen MR) is 75.3 cm³/mol. The maximum absolute atomic E-state index is 13.2. The van der Waals surface area contributed by atoms with E-state index in [0.717, 1.165) is 0 Å².